The summed E-state index contributed by atoms with van der Waals surface area (Å²) in [6.45, 7) is 10.1. The molecule has 0 aromatic heterocycles. The third-order valence-electron chi connectivity index (χ3n) is 7.14. The molecule has 5 rings (SSSR count). The van der Waals surface area contributed by atoms with Crippen molar-refractivity contribution >= 4 is 32.9 Å². The van der Waals surface area contributed by atoms with E-state index in [2.05, 4.69) is 136 Å². The minimum Gasteiger partial charge on any atom is -0.400 e. The van der Waals surface area contributed by atoms with E-state index < -0.39 is 5.60 Å². The maximum absolute atomic E-state index is 7.25. The molecule has 0 unspecified atom stereocenters. The van der Waals surface area contributed by atoms with Crippen LogP contribution >= 0.6 is 11.8 Å². The molecule has 0 bridgehead atoms. The molecule has 0 aliphatic carbocycles. The van der Waals surface area contributed by atoms with Gasteiger partial charge in [-0.1, -0.05) is 144 Å². The van der Waals surface area contributed by atoms with E-state index in [9.17, 15) is 0 Å². The first-order valence-corrected chi connectivity index (χ1v) is 15.9. The molecule has 0 saturated heterocycles. The van der Waals surface area contributed by atoms with Crippen molar-refractivity contribution in [1.82, 2.24) is 0 Å². The standard InChI is InChI=1S/C35H39NOSSi/c1-5-6-7-16-26-36-30-23-14-15-25-32(30)38-33-29(22-17-24-31(33)36)35(37-39-34(2,3)4,27-18-10-8-11-19-27)28-20-12-9-13-21-28/h8-15,17-25H,5-7,16,26H2,1-4H3. The van der Waals surface area contributed by atoms with Gasteiger partial charge in [-0.25, -0.2) is 0 Å². The van der Waals surface area contributed by atoms with Crippen molar-refractivity contribution in [3.8, 4) is 0 Å². The van der Waals surface area contributed by atoms with Gasteiger partial charge in [0.15, 0.2) is 0 Å². The predicted molar refractivity (Wildman–Crippen MR) is 167 cm³/mol. The van der Waals surface area contributed by atoms with Gasteiger partial charge in [0, 0.05) is 21.9 Å². The Kier molecular flexibility index (Phi) is 8.66. The third-order valence-corrected chi connectivity index (χ3v) is 9.36. The van der Waals surface area contributed by atoms with Crippen LogP contribution in [0.1, 0.15) is 70.1 Å². The Morgan fingerprint density at radius 3 is 1.95 bits per heavy atom. The number of hydrogen-bond donors (Lipinski definition) is 0. The van der Waals surface area contributed by atoms with Crippen LogP contribution in [0.3, 0.4) is 0 Å². The molecule has 39 heavy (non-hydrogen) atoms. The first kappa shape index (κ1) is 27.8. The average Bonchev–Trinajstić information content (AvgIpc) is 2.96. The van der Waals surface area contributed by atoms with Crippen molar-refractivity contribution in [3.63, 3.8) is 0 Å². The number of para-hydroxylation sites is 1. The first-order chi connectivity index (χ1) is 18.9. The minimum absolute atomic E-state index is 0.0364. The zero-order valence-corrected chi connectivity index (χ0v) is 25.4. The molecule has 200 valence electrons. The molecule has 4 aromatic rings. The van der Waals surface area contributed by atoms with Crippen LogP contribution in [0.5, 0.6) is 0 Å². The lowest BCUT2D eigenvalue weighted by Gasteiger charge is -2.41. The summed E-state index contributed by atoms with van der Waals surface area (Å²) in [5.41, 5.74) is 5.41. The highest BCUT2D eigenvalue weighted by Crippen LogP contribution is 2.54. The Labute approximate surface area is 241 Å². The fraction of sp³-hybridized carbons (Fsp3) is 0.314. The molecule has 0 N–H and O–H groups in total. The van der Waals surface area contributed by atoms with Crippen LogP contribution < -0.4 is 4.90 Å². The topological polar surface area (TPSA) is 12.5 Å². The zero-order chi connectivity index (χ0) is 27.3. The smallest absolute Gasteiger partial charge is 0.237 e. The summed E-state index contributed by atoms with van der Waals surface area (Å²) >= 11 is 1.89. The molecule has 1 aliphatic heterocycles. The summed E-state index contributed by atoms with van der Waals surface area (Å²) in [6, 6.07) is 37.3. The zero-order valence-electron chi connectivity index (χ0n) is 23.6. The molecular formula is C35H39NOSSi. The van der Waals surface area contributed by atoms with E-state index in [1.165, 1.54) is 52.4 Å². The van der Waals surface area contributed by atoms with Gasteiger partial charge in [-0.2, -0.15) is 0 Å². The van der Waals surface area contributed by atoms with Crippen molar-refractivity contribution < 1.29 is 4.43 Å². The monoisotopic (exact) mass is 549 g/mol. The molecule has 0 atom stereocenters. The number of fused-ring (bicyclic) bond motifs is 2. The van der Waals surface area contributed by atoms with Gasteiger partial charge in [0.05, 0.1) is 11.4 Å². The fourth-order valence-corrected chi connectivity index (χ4v) is 7.35. The Morgan fingerprint density at radius 1 is 0.692 bits per heavy atom. The lowest BCUT2D eigenvalue weighted by molar-refractivity contribution is 0.154. The lowest BCUT2D eigenvalue weighted by atomic mass is 9.80. The molecule has 2 nitrogen and oxygen atoms in total. The van der Waals surface area contributed by atoms with Gasteiger partial charge in [-0.3, -0.25) is 0 Å². The second-order valence-corrected chi connectivity index (χ2v) is 14.3. The van der Waals surface area contributed by atoms with Gasteiger partial charge >= 0.3 is 0 Å². The van der Waals surface area contributed by atoms with Gasteiger partial charge in [0.2, 0.25) is 9.76 Å². The summed E-state index contributed by atoms with van der Waals surface area (Å²) in [7, 11) is 0.317. The summed E-state index contributed by atoms with van der Waals surface area (Å²) < 4.78 is 7.25. The molecule has 0 saturated carbocycles. The van der Waals surface area contributed by atoms with E-state index in [1.807, 2.05) is 11.8 Å². The van der Waals surface area contributed by atoms with Crippen LogP contribution in [-0.4, -0.2) is 16.3 Å². The second kappa shape index (κ2) is 12.2. The number of unbranched alkanes of at least 4 members (excludes halogenated alkanes) is 3. The number of anilines is 2. The summed E-state index contributed by atoms with van der Waals surface area (Å²) in [6.07, 6.45) is 4.96. The van der Waals surface area contributed by atoms with Crippen LogP contribution in [0.25, 0.3) is 0 Å². The maximum Gasteiger partial charge on any atom is 0.237 e. The van der Waals surface area contributed by atoms with Gasteiger partial charge in [0.1, 0.15) is 5.60 Å². The van der Waals surface area contributed by atoms with Crippen molar-refractivity contribution in [3.05, 3.63) is 120 Å². The van der Waals surface area contributed by atoms with Gasteiger partial charge in [0.25, 0.3) is 0 Å². The van der Waals surface area contributed by atoms with Gasteiger partial charge < -0.3 is 9.33 Å². The van der Waals surface area contributed by atoms with Crippen molar-refractivity contribution in [2.75, 3.05) is 11.4 Å². The number of rotatable bonds is 10. The normalized spacial score (nSPS) is 13.2. The molecule has 0 fully saturated rings. The van der Waals surface area contributed by atoms with E-state index in [4.69, 9.17) is 4.43 Å². The van der Waals surface area contributed by atoms with E-state index in [-0.39, 0.29) is 5.04 Å². The van der Waals surface area contributed by atoms with Crippen LogP contribution in [0.15, 0.2) is 113 Å². The van der Waals surface area contributed by atoms with Gasteiger partial charge in [-0.05, 0) is 40.8 Å². The fourth-order valence-electron chi connectivity index (χ4n) is 5.29. The Morgan fingerprint density at radius 2 is 1.31 bits per heavy atom. The van der Waals surface area contributed by atoms with Crippen LogP contribution in [0, 0.1) is 0 Å². The average molecular weight is 550 g/mol. The minimum atomic E-state index is -0.729. The number of hydrogen-bond acceptors (Lipinski definition) is 3. The molecule has 2 radical (unpaired) electrons. The van der Waals surface area contributed by atoms with Crippen LogP contribution in [0.2, 0.25) is 5.04 Å². The highest BCUT2D eigenvalue weighted by atomic mass is 32.2. The molecule has 1 heterocycles. The third kappa shape index (κ3) is 5.89. The van der Waals surface area contributed by atoms with E-state index in [1.54, 1.807) is 0 Å². The predicted octanol–water partition coefficient (Wildman–Crippen LogP) is 10.0. The summed E-state index contributed by atoms with van der Waals surface area (Å²) in [5.74, 6) is 0. The summed E-state index contributed by atoms with van der Waals surface area (Å²) in [4.78, 5) is 5.15. The molecule has 4 aromatic carbocycles. The van der Waals surface area contributed by atoms with E-state index in [0.29, 0.717) is 9.76 Å². The quantitative estimate of drug-likeness (QED) is 0.111. The lowest BCUT2D eigenvalue weighted by Crippen LogP contribution is -2.37. The van der Waals surface area contributed by atoms with Crippen molar-refractivity contribution in [2.45, 2.75) is 73.8 Å². The molecule has 4 heteroatoms. The number of benzene rings is 4. The maximum atomic E-state index is 7.25. The highest BCUT2D eigenvalue weighted by Gasteiger charge is 2.42. The van der Waals surface area contributed by atoms with Gasteiger partial charge in [-0.15, -0.1) is 0 Å². The second-order valence-electron chi connectivity index (χ2n) is 11.3. The van der Waals surface area contributed by atoms with Crippen LogP contribution in [-0.2, 0) is 10.0 Å². The Bertz CT molecular complexity index is 1330. The Hall–Kier alpha value is -2.79. The molecule has 0 amide bonds. The molecule has 1 aliphatic rings. The highest BCUT2D eigenvalue weighted by molar-refractivity contribution is 7.99. The largest absolute Gasteiger partial charge is 0.400 e. The number of nitrogens with zero attached hydrogens (tertiary/aromatic N) is 1. The molecular weight excluding hydrogens is 511 g/mol. The SMILES string of the molecule is CCCCCCN1c2ccccc2Sc2c1cccc2C(O[Si]C(C)(C)C)(c1ccccc1)c1ccccc1. The summed E-state index contributed by atoms with van der Waals surface area (Å²) in [5, 5.41) is 0.0364. The van der Waals surface area contributed by atoms with E-state index >= 15 is 0 Å². The van der Waals surface area contributed by atoms with Crippen molar-refractivity contribution in [2.24, 2.45) is 0 Å². The van der Waals surface area contributed by atoms with Crippen LogP contribution in [0.4, 0.5) is 11.4 Å². The Balaban J connectivity index is 1.73. The van der Waals surface area contributed by atoms with Crippen molar-refractivity contribution in [1.29, 1.82) is 0 Å². The first-order valence-electron chi connectivity index (χ1n) is 14.2. The van der Waals surface area contributed by atoms with E-state index in [0.717, 1.165) is 17.7 Å². The molecule has 0 spiro atoms.